The Morgan fingerprint density at radius 1 is 1.35 bits per heavy atom. The van der Waals surface area contributed by atoms with E-state index in [9.17, 15) is 9.59 Å². The third-order valence-electron chi connectivity index (χ3n) is 4.10. The van der Waals surface area contributed by atoms with Crippen LogP contribution in [-0.2, 0) is 26.4 Å². The Kier molecular flexibility index (Phi) is 4.16. The van der Waals surface area contributed by atoms with Gasteiger partial charge in [-0.3, -0.25) is 4.79 Å². The first kappa shape index (κ1) is 15.7. The molecular formula is C15H18N4O3S. The number of aromatic nitrogens is 3. The van der Waals surface area contributed by atoms with Crippen molar-refractivity contribution in [2.75, 3.05) is 7.05 Å². The molecule has 0 bridgehead atoms. The lowest BCUT2D eigenvalue weighted by molar-refractivity contribution is 0.0696. The maximum Gasteiger partial charge on any atom is 0.365 e. The van der Waals surface area contributed by atoms with Gasteiger partial charge in [0.2, 0.25) is 5.01 Å². The fourth-order valence-electron chi connectivity index (χ4n) is 2.83. The standard InChI is InChI=1S/C15H18N4O3S/c1-18(14(20)10-8-23-13(17-10)15(21)22)7-12-16-9-5-3-4-6-11(9)19(12)2/h8H,3-7H2,1-2H3,(H,21,22). The number of carboxylic acid groups (broad SMARTS) is 1. The number of fused-ring (bicyclic) bond motifs is 1. The second kappa shape index (κ2) is 6.11. The van der Waals surface area contributed by atoms with Crippen LogP contribution in [0.2, 0.25) is 0 Å². The van der Waals surface area contributed by atoms with Crippen LogP contribution in [0, 0.1) is 0 Å². The molecule has 0 radical (unpaired) electrons. The molecule has 2 heterocycles. The van der Waals surface area contributed by atoms with E-state index in [1.54, 1.807) is 7.05 Å². The third-order valence-corrected chi connectivity index (χ3v) is 4.93. The molecule has 2 aromatic heterocycles. The molecule has 1 aliphatic rings. The topological polar surface area (TPSA) is 88.3 Å². The van der Waals surface area contributed by atoms with Gasteiger partial charge in [-0.05, 0) is 25.7 Å². The van der Waals surface area contributed by atoms with Crippen LogP contribution in [-0.4, -0.2) is 43.5 Å². The predicted molar refractivity (Wildman–Crippen MR) is 84.7 cm³/mol. The second-order valence-electron chi connectivity index (χ2n) is 5.69. The molecule has 0 saturated heterocycles. The second-order valence-corrected chi connectivity index (χ2v) is 6.55. The number of thiazole rings is 1. The summed E-state index contributed by atoms with van der Waals surface area (Å²) in [6, 6.07) is 0. The lowest BCUT2D eigenvalue weighted by atomic mass is 10.0. The fourth-order valence-corrected chi connectivity index (χ4v) is 3.46. The van der Waals surface area contributed by atoms with E-state index in [1.165, 1.54) is 22.4 Å². The summed E-state index contributed by atoms with van der Waals surface area (Å²) in [6.07, 6.45) is 4.37. The molecule has 3 rings (SSSR count). The van der Waals surface area contributed by atoms with E-state index in [4.69, 9.17) is 5.11 Å². The van der Waals surface area contributed by atoms with E-state index in [1.807, 2.05) is 7.05 Å². The molecule has 0 aromatic carbocycles. The van der Waals surface area contributed by atoms with Crippen molar-refractivity contribution in [3.63, 3.8) is 0 Å². The van der Waals surface area contributed by atoms with Crippen LogP contribution in [0.3, 0.4) is 0 Å². The molecule has 0 aliphatic heterocycles. The van der Waals surface area contributed by atoms with Gasteiger partial charge < -0.3 is 14.6 Å². The van der Waals surface area contributed by atoms with Crippen LogP contribution in [0.25, 0.3) is 0 Å². The number of rotatable bonds is 4. The van der Waals surface area contributed by atoms with Crippen molar-refractivity contribution >= 4 is 23.2 Å². The third kappa shape index (κ3) is 2.98. The SMILES string of the molecule is CN(Cc1nc2c(n1C)CCCC2)C(=O)c1csc(C(=O)O)n1. The maximum atomic E-state index is 12.4. The Bertz CT molecular complexity index is 765. The number of carboxylic acids is 1. The monoisotopic (exact) mass is 334 g/mol. The van der Waals surface area contributed by atoms with Crippen molar-refractivity contribution in [2.45, 2.75) is 32.2 Å². The Morgan fingerprint density at radius 2 is 2.09 bits per heavy atom. The highest BCUT2D eigenvalue weighted by Crippen LogP contribution is 2.22. The highest BCUT2D eigenvalue weighted by molar-refractivity contribution is 7.11. The van der Waals surface area contributed by atoms with Crippen molar-refractivity contribution in [3.8, 4) is 0 Å². The van der Waals surface area contributed by atoms with Crippen LogP contribution < -0.4 is 0 Å². The van der Waals surface area contributed by atoms with E-state index in [0.29, 0.717) is 6.54 Å². The fraction of sp³-hybridized carbons (Fsp3) is 0.467. The van der Waals surface area contributed by atoms with Gasteiger partial charge in [0.15, 0.2) is 0 Å². The smallest absolute Gasteiger partial charge is 0.365 e. The molecule has 23 heavy (non-hydrogen) atoms. The predicted octanol–water partition coefficient (Wildman–Crippen LogP) is 1.73. The van der Waals surface area contributed by atoms with Crippen molar-refractivity contribution in [2.24, 2.45) is 7.05 Å². The van der Waals surface area contributed by atoms with Crippen LogP contribution in [0.15, 0.2) is 5.38 Å². The minimum Gasteiger partial charge on any atom is -0.476 e. The Morgan fingerprint density at radius 3 is 2.74 bits per heavy atom. The van der Waals surface area contributed by atoms with Crippen LogP contribution in [0.5, 0.6) is 0 Å². The summed E-state index contributed by atoms with van der Waals surface area (Å²) >= 11 is 0.956. The molecule has 1 N–H and O–H groups in total. The lowest BCUT2D eigenvalue weighted by Crippen LogP contribution is -2.28. The van der Waals surface area contributed by atoms with Crippen LogP contribution in [0.1, 0.15) is 50.3 Å². The average molecular weight is 334 g/mol. The molecule has 0 saturated carbocycles. The minimum atomic E-state index is -1.12. The molecule has 0 fully saturated rings. The number of carbonyl (C=O) groups excluding carboxylic acids is 1. The first-order valence-electron chi connectivity index (χ1n) is 7.45. The van der Waals surface area contributed by atoms with E-state index < -0.39 is 5.97 Å². The highest BCUT2D eigenvalue weighted by atomic mass is 32.1. The van der Waals surface area contributed by atoms with Gasteiger partial charge >= 0.3 is 5.97 Å². The molecule has 0 atom stereocenters. The van der Waals surface area contributed by atoms with Crippen molar-refractivity contribution in [1.82, 2.24) is 19.4 Å². The first-order chi connectivity index (χ1) is 11.0. The Labute approximate surface area is 137 Å². The number of hydrogen-bond donors (Lipinski definition) is 1. The van der Waals surface area contributed by atoms with Crippen LogP contribution >= 0.6 is 11.3 Å². The molecule has 1 amide bonds. The van der Waals surface area contributed by atoms with Crippen molar-refractivity contribution in [3.05, 3.63) is 33.3 Å². The first-order valence-corrected chi connectivity index (χ1v) is 8.33. The molecule has 7 nitrogen and oxygen atoms in total. The normalized spacial score (nSPS) is 13.7. The molecule has 0 spiro atoms. The van der Waals surface area contributed by atoms with Crippen LogP contribution in [0.4, 0.5) is 0 Å². The summed E-state index contributed by atoms with van der Waals surface area (Å²) in [5, 5.41) is 10.3. The van der Waals surface area contributed by atoms with Crippen molar-refractivity contribution in [1.29, 1.82) is 0 Å². The van der Waals surface area contributed by atoms with Gasteiger partial charge in [0, 0.05) is 25.2 Å². The number of carbonyl (C=O) groups is 2. The van der Waals surface area contributed by atoms with E-state index in [-0.39, 0.29) is 16.6 Å². The molecular weight excluding hydrogens is 316 g/mol. The Balaban J connectivity index is 1.75. The molecule has 8 heteroatoms. The molecule has 1 aliphatic carbocycles. The van der Waals surface area contributed by atoms with Gasteiger partial charge in [-0.1, -0.05) is 0 Å². The van der Waals surface area contributed by atoms with Gasteiger partial charge in [-0.15, -0.1) is 11.3 Å². The van der Waals surface area contributed by atoms with Crippen molar-refractivity contribution < 1.29 is 14.7 Å². The molecule has 0 unspecified atom stereocenters. The summed E-state index contributed by atoms with van der Waals surface area (Å²) < 4.78 is 2.07. The van der Waals surface area contributed by atoms with Gasteiger partial charge in [-0.25, -0.2) is 14.8 Å². The lowest BCUT2D eigenvalue weighted by Gasteiger charge is -2.16. The average Bonchev–Trinajstić information content (AvgIpc) is 3.13. The zero-order chi connectivity index (χ0) is 16.6. The summed E-state index contributed by atoms with van der Waals surface area (Å²) in [4.78, 5) is 33.3. The zero-order valence-corrected chi connectivity index (χ0v) is 13.9. The molecule has 2 aromatic rings. The summed E-state index contributed by atoms with van der Waals surface area (Å²) in [6.45, 7) is 0.377. The van der Waals surface area contributed by atoms with Gasteiger partial charge in [0.05, 0.1) is 12.2 Å². The Hall–Kier alpha value is -2.22. The summed E-state index contributed by atoms with van der Waals surface area (Å²) in [5.41, 5.74) is 2.55. The van der Waals surface area contributed by atoms with E-state index in [2.05, 4.69) is 14.5 Å². The number of nitrogens with zero attached hydrogens (tertiary/aromatic N) is 4. The number of aryl methyl sites for hydroxylation is 1. The highest BCUT2D eigenvalue weighted by Gasteiger charge is 2.22. The summed E-state index contributed by atoms with van der Waals surface area (Å²) in [5.74, 6) is -0.565. The maximum absolute atomic E-state index is 12.4. The van der Waals surface area contributed by atoms with E-state index in [0.717, 1.165) is 42.1 Å². The van der Waals surface area contributed by atoms with E-state index >= 15 is 0 Å². The largest absolute Gasteiger partial charge is 0.476 e. The zero-order valence-electron chi connectivity index (χ0n) is 13.1. The molecule has 122 valence electrons. The van der Waals surface area contributed by atoms with Gasteiger partial charge in [0.25, 0.3) is 5.91 Å². The number of hydrogen-bond acceptors (Lipinski definition) is 5. The number of imidazole rings is 1. The number of aromatic carboxylic acids is 1. The number of amides is 1. The summed E-state index contributed by atoms with van der Waals surface area (Å²) in [7, 11) is 3.66. The quantitative estimate of drug-likeness (QED) is 0.920. The minimum absolute atomic E-state index is 0.0748. The van der Waals surface area contributed by atoms with Gasteiger partial charge in [-0.2, -0.15) is 0 Å². The van der Waals surface area contributed by atoms with Gasteiger partial charge in [0.1, 0.15) is 11.5 Å².